The van der Waals surface area contributed by atoms with Crippen LogP contribution in [0.3, 0.4) is 0 Å². The van der Waals surface area contributed by atoms with Crippen LogP contribution in [-0.4, -0.2) is 15.0 Å². The summed E-state index contributed by atoms with van der Waals surface area (Å²) in [5, 5.41) is 6.36. The number of nitrogens with zero attached hydrogens (tertiary/aromatic N) is 3. The number of hydrogen-bond donors (Lipinski definition) is 1. The number of anilines is 1. The molecule has 0 saturated heterocycles. The van der Waals surface area contributed by atoms with E-state index in [0.29, 0.717) is 0 Å². The number of aryl methyl sites for hydroxylation is 1. The van der Waals surface area contributed by atoms with Crippen molar-refractivity contribution in [2.75, 3.05) is 5.32 Å². The lowest BCUT2D eigenvalue weighted by Crippen LogP contribution is -2.07. The van der Waals surface area contributed by atoms with Gasteiger partial charge in [-0.2, -0.15) is 0 Å². The summed E-state index contributed by atoms with van der Waals surface area (Å²) in [6.45, 7) is 4.06. The minimum atomic E-state index is 0.167. The molecular weight excluding hydrogens is 208 g/mol. The summed E-state index contributed by atoms with van der Waals surface area (Å²) in [5.74, 6) is 0.776. The lowest BCUT2D eigenvalue weighted by atomic mass is 10.3. The molecule has 0 aliphatic carbocycles. The summed E-state index contributed by atoms with van der Waals surface area (Å²) in [7, 11) is 0. The zero-order valence-electron chi connectivity index (χ0n) is 8.64. The lowest BCUT2D eigenvalue weighted by Gasteiger charge is -2.10. The molecule has 0 aromatic carbocycles. The minimum Gasteiger partial charge on any atom is -0.360 e. The first-order chi connectivity index (χ1) is 7.25. The van der Waals surface area contributed by atoms with E-state index in [0.717, 1.165) is 16.5 Å². The van der Waals surface area contributed by atoms with Crippen molar-refractivity contribution < 1.29 is 0 Å². The number of rotatable bonds is 3. The zero-order valence-corrected chi connectivity index (χ0v) is 9.45. The first-order valence-electron chi connectivity index (χ1n) is 4.70. The van der Waals surface area contributed by atoms with Crippen LogP contribution in [0.5, 0.6) is 0 Å². The maximum absolute atomic E-state index is 4.41. The molecule has 1 unspecified atom stereocenters. The molecule has 0 fully saturated rings. The molecule has 0 spiro atoms. The van der Waals surface area contributed by atoms with E-state index in [4.69, 9.17) is 0 Å². The highest BCUT2D eigenvalue weighted by Crippen LogP contribution is 2.20. The first-order valence-corrected chi connectivity index (χ1v) is 5.58. The van der Waals surface area contributed by atoms with Gasteiger partial charge in [-0.25, -0.2) is 9.97 Å². The Balaban J connectivity index is 2.07. The van der Waals surface area contributed by atoms with Crippen molar-refractivity contribution in [2.45, 2.75) is 19.9 Å². The second-order valence-corrected chi connectivity index (χ2v) is 4.17. The molecule has 2 aromatic rings. The third kappa shape index (κ3) is 2.50. The fourth-order valence-corrected chi connectivity index (χ4v) is 2.03. The summed E-state index contributed by atoms with van der Waals surface area (Å²) in [5.41, 5.74) is 1.06. The van der Waals surface area contributed by atoms with Gasteiger partial charge in [0.05, 0.1) is 12.2 Å². The number of aromatic nitrogens is 3. The lowest BCUT2D eigenvalue weighted by molar-refractivity contribution is 0.853. The van der Waals surface area contributed by atoms with Gasteiger partial charge < -0.3 is 5.32 Å². The minimum absolute atomic E-state index is 0.167. The van der Waals surface area contributed by atoms with Crippen LogP contribution in [0.4, 0.5) is 5.82 Å². The molecule has 0 aliphatic heterocycles. The van der Waals surface area contributed by atoms with Crippen molar-refractivity contribution in [3.8, 4) is 0 Å². The molecule has 0 radical (unpaired) electrons. The molecule has 5 heteroatoms. The quantitative estimate of drug-likeness (QED) is 0.863. The van der Waals surface area contributed by atoms with Crippen molar-refractivity contribution >= 4 is 17.2 Å². The van der Waals surface area contributed by atoms with Gasteiger partial charge in [0.15, 0.2) is 0 Å². The Morgan fingerprint density at radius 2 is 2.27 bits per heavy atom. The van der Waals surface area contributed by atoms with Gasteiger partial charge in [-0.05, 0) is 13.8 Å². The molecular formula is C10H12N4S. The van der Waals surface area contributed by atoms with E-state index in [1.807, 2.05) is 12.3 Å². The molecule has 0 saturated carbocycles. The topological polar surface area (TPSA) is 50.7 Å². The highest BCUT2D eigenvalue weighted by Gasteiger charge is 2.09. The van der Waals surface area contributed by atoms with E-state index in [2.05, 4.69) is 27.2 Å². The van der Waals surface area contributed by atoms with E-state index in [9.17, 15) is 0 Å². The van der Waals surface area contributed by atoms with E-state index in [-0.39, 0.29) is 6.04 Å². The van der Waals surface area contributed by atoms with Crippen molar-refractivity contribution in [1.82, 2.24) is 15.0 Å². The maximum atomic E-state index is 4.41. The molecule has 4 nitrogen and oxygen atoms in total. The summed E-state index contributed by atoms with van der Waals surface area (Å²) in [4.78, 5) is 12.6. The van der Waals surface area contributed by atoms with Gasteiger partial charge >= 0.3 is 0 Å². The van der Waals surface area contributed by atoms with Crippen LogP contribution >= 0.6 is 11.3 Å². The molecule has 15 heavy (non-hydrogen) atoms. The Kier molecular flexibility index (Phi) is 2.91. The fraction of sp³-hybridized carbons (Fsp3) is 0.300. The van der Waals surface area contributed by atoms with E-state index < -0.39 is 0 Å². The fourth-order valence-electron chi connectivity index (χ4n) is 1.23. The van der Waals surface area contributed by atoms with E-state index in [1.165, 1.54) is 0 Å². The predicted octanol–water partition coefficient (Wildman–Crippen LogP) is 2.41. The molecule has 2 rings (SSSR count). The highest BCUT2D eigenvalue weighted by molar-refractivity contribution is 7.09. The van der Waals surface area contributed by atoms with Crippen molar-refractivity contribution in [3.63, 3.8) is 0 Å². The third-order valence-corrected chi connectivity index (χ3v) is 3.08. The second-order valence-electron chi connectivity index (χ2n) is 3.28. The Bertz CT molecular complexity index is 426. The monoisotopic (exact) mass is 220 g/mol. The Labute approximate surface area is 92.4 Å². The molecule has 1 atom stereocenters. The van der Waals surface area contributed by atoms with Gasteiger partial charge in [0.1, 0.15) is 10.8 Å². The molecule has 0 amide bonds. The Morgan fingerprint density at radius 3 is 2.87 bits per heavy atom. The van der Waals surface area contributed by atoms with Crippen LogP contribution in [-0.2, 0) is 0 Å². The number of thiazole rings is 1. The molecule has 1 N–H and O–H groups in total. The van der Waals surface area contributed by atoms with E-state index in [1.54, 1.807) is 29.9 Å². The molecule has 2 heterocycles. The standard InChI is InChI=1S/C10H12N4S/c1-7-6-15-10(13-7)8(2)14-9-5-11-3-4-12-9/h3-6,8H,1-2H3,(H,12,14). The van der Waals surface area contributed by atoms with Crippen molar-refractivity contribution in [3.05, 3.63) is 34.7 Å². The number of nitrogens with one attached hydrogen (secondary N) is 1. The average Bonchev–Trinajstić information content (AvgIpc) is 2.66. The predicted molar refractivity (Wildman–Crippen MR) is 60.9 cm³/mol. The SMILES string of the molecule is Cc1csc(C(C)Nc2cnccn2)n1. The first kappa shape index (κ1) is 10.0. The maximum Gasteiger partial charge on any atom is 0.145 e. The smallest absolute Gasteiger partial charge is 0.145 e. The second kappa shape index (κ2) is 4.35. The van der Waals surface area contributed by atoms with Gasteiger partial charge in [-0.3, -0.25) is 4.98 Å². The molecule has 78 valence electrons. The summed E-state index contributed by atoms with van der Waals surface area (Å²) >= 11 is 1.66. The Hall–Kier alpha value is -1.49. The van der Waals surface area contributed by atoms with Crippen LogP contribution in [0.25, 0.3) is 0 Å². The van der Waals surface area contributed by atoms with E-state index >= 15 is 0 Å². The van der Waals surface area contributed by atoms with Gasteiger partial charge in [0.2, 0.25) is 0 Å². The largest absolute Gasteiger partial charge is 0.360 e. The summed E-state index contributed by atoms with van der Waals surface area (Å²) < 4.78 is 0. The van der Waals surface area contributed by atoms with Crippen LogP contribution < -0.4 is 5.32 Å². The normalized spacial score (nSPS) is 12.4. The summed E-state index contributed by atoms with van der Waals surface area (Å²) in [6.07, 6.45) is 5.03. The van der Waals surface area contributed by atoms with Crippen LogP contribution in [0.2, 0.25) is 0 Å². The highest BCUT2D eigenvalue weighted by atomic mass is 32.1. The van der Waals surface area contributed by atoms with Crippen LogP contribution in [0.1, 0.15) is 23.7 Å². The Morgan fingerprint density at radius 1 is 1.40 bits per heavy atom. The zero-order chi connectivity index (χ0) is 10.7. The van der Waals surface area contributed by atoms with Crippen molar-refractivity contribution in [2.24, 2.45) is 0 Å². The third-order valence-electron chi connectivity index (χ3n) is 1.93. The van der Waals surface area contributed by atoms with Gasteiger partial charge in [0, 0.05) is 23.5 Å². The van der Waals surface area contributed by atoms with Crippen molar-refractivity contribution in [1.29, 1.82) is 0 Å². The summed E-state index contributed by atoms with van der Waals surface area (Å²) in [6, 6.07) is 0.167. The van der Waals surface area contributed by atoms with Crippen LogP contribution in [0.15, 0.2) is 24.0 Å². The van der Waals surface area contributed by atoms with Gasteiger partial charge in [0.25, 0.3) is 0 Å². The molecule has 0 bridgehead atoms. The average molecular weight is 220 g/mol. The van der Waals surface area contributed by atoms with Crippen LogP contribution in [0, 0.1) is 6.92 Å². The molecule has 0 aliphatic rings. The van der Waals surface area contributed by atoms with Gasteiger partial charge in [-0.1, -0.05) is 0 Å². The molecule has 2 aromatic heterocycles. The number of hydrogen-bond acceptors (Lipinski definition) is 5. The van der Waals surface area contributed by atoms with Gasteiger partial charge in [-0.15, -0.1) is 11.3 Å².